The Morgan fingerprint density at radius 1 is 1.08 bits per heavy atom. The number of carbonyl (C=O) groups is 2. The number of nitrogens with zero attached hydrogens (tertiary/aromatic N) is 2. The molecule has 11 nitrogen and oxygen atoms in total. The number of nitro groups is 1. The van der Waals surface area contributed by atoms with E-state index in [0.717, 1.165) is 6.07 Å². The van der Waals surface area contributed by atoms with Crippen molar-refractivity contribution in [3.63, 3.8) is 0 Å². The van der Waals surface area contributed by atoms with Gasteiger partial charge in [-0.25, -0.2) is 5.43 Å². The molecule has 0 spiro atoms. The average molecular weight is 511 g/mol. The minimum Gasteiger partial charge on any atom is -0.455 e. The van der Waals surface area contributed by atoms with Gasteiger partial charge in [0.1, 0.15) is 10.8 Å². The molecule has 0 bridgehead atoms. The summed E-state index contributed by atoms with van der Waals surface area (Å²) in [6.45, 7) is 1.88. The van der Waals surface area contributed by atoms with E-state index in [1.165, 1.54) is 12.1 Å². The topological polar surface area (TPSA) is 145 Å². The lowest BCUT2D eigenvalue weighted by Crippen LogP contribution is -2.22. The van der Waals surface area contributed by atoms with Crippen molar-refractivity contribution in [1.82, 2.24) is 5.43 Å². The molecule has 2 amide bonds. The van der Waals surface area contributed by atoms with E-state index in [0.29, 0.717) is 59.0 Å². The highest BCUT2D eigenvalue weighted by Gasteiger charge is 2.28. The Morgan fingerprint density at radius 3 is 2.69 bits per heavy atom. The Kier molecular flexibility index (Phi) is 6.06. The summed E-state index contributed by atoms with van der Waals surface area (Å²) in [5.74, 6) is 0.832. The van der Waals surface area contributed by atoms with Crippen molar-refractivity contribution in [1.29, 1.82) is 0 Å². The van der Waals surface area contributed by atoms with E-state index in [4.69, 9.17) is 25.5 Å². The molecular weight excluding hydrogens is 492 g/mol. The number of anilines is 1. The van der Waals surface area contributed by atoms with E-state index in [9.17, 15) is 19.7 Å². The number of hydrazone groups is 1. The molecule has 2 heterocycles. The minimum absolute atomic E-state index is 0.0409. The molecule has 0 radical (unpaired) electrons. The Labute approximate surface area is 209 Å². The predicted octanol–water partition coefficient (Wildman–Crippen LogP) is 4.60. The minimum atomic E-state index is -0.663. The zero-order valence-electron chi connectivity index (χ0n) is 18.9. The summed E-state index contributed by atoms with van der Waals surface area (Å²) in [6, 6.07) is 8.83. The molecule has 0 saturated heterocycles. The molecule has 0 saturated carbocycles. The molecule has 1 aliphatic carbocycles. The van der Waals surface area contributed by atoms with Gasteiger partial charge in [-0.3, -0.25) is 19.7 Å². The summed E-state index contributed by atoms with van der Waals surface area (Å²) < 4.78 is 16.5. The molecule has 2 aromatic carbocycles. The summed E-state index contributed by atoms with van der Waals surface area (Å²) in [7, 11) is 0. The number of benzene rings is 2. The van der Waals surface area contributed by atoms with Crippen LogP contribution in [0.1, 0.15) is 50.6 Å². The van der Waals surface area contributed by atoms with Crippen LogP contribution in [0.2, 0.25) is 5.02 Å². The van der Waals surface area contributed by atoms with Gasteiger partial charge in [-0.2, -0.15) is 5.10 Å². The molecule has 2 aliphatic rings. The Balaban J connectivity index is 1.36. The van der Waals surface area contributed by atoms with Crippen molar-refractivity contribution < 1.29 is 28.4 Å². The lowest BCUT2D eigenvalue weighted by atomic mass is 9.93. The number of furan rings is 1. The summed E-state index contributed by atoms with van der Waals surface area (Å²) in [6.07, 6.45) is 1.88. The van der Waals surface area contributed by atoms with Crippen LogP contribution >= 0.6 is 11.6 Å². The number of hydrogen-bond acceptors (Lipinski definition) is 8. The van der Waals surface area contributed by atoms with Crippen LogP contribution in [0.3, 0.4) is 0 Å². The number of amides is 2. The Hall–Kier alpha value is -4.38. The van der Waals surface area contributed by atoms with Gasteiger partial charge >= 0.3 is 0 Å². The van der Waals surface area contributed by atoms with Crippen LogP contribution < -0.4 is 20.2 Å². The van der Waals surface area contributed by atoms with Gasteiger partial charge in [0.2, 0.25) is 6.79 Å². The van der Waals surface area contributed by atoms with Crippen molar-refractivity contribution >= 4 is 40.5 Å². The fourth-order valence-electron chi connectivity index (χ4n) is 4.14. The number of nitro benzene ring substituents is 1. The Morgan fingerprint density at radius 2 is 1.89 bits per heavy atom. The standard InChI is InChI=1S/C24H19ClN4O7/c1-12-21-16(27-28-23(30)13-5-7-15(25)17(9-13)29(32)33)3-2-4-19(21)36-22(12)24(31)26-14-6-8-18-20(10-14)35-11-34-18/h5-10H,2-4,11H2,1H3,(H,26,31)(H,28,30)/b27-16+. The van der Waals surface area contributed by atoms with Crippen LogP contribution in [0, 0.1) is 17.0 Å². The van der Waals surface area contributed by atoms with E-state index in [2.05, 4.69) is 15.8 Å². The van der Waals surface area contributed by atoms with E-state index in [-0.39, 0.29) is 28.8 Å². The summed E-state index contributed by atoms with van der Waals surface area (Å²) in [5.41, 5.74) is 4.44. The molecule has 184 valence electrons. The molecule has 0 unspecified atom stereocenters. The quantitative estimate of drug-likeness (QED) is 0.376. The highest BCUT2D eigenvalue weighted by molar-refractivity contribution is 6.32. The summed E-state index contributed by atoms with van der Waals surface area (Å²) in [5, 5.41) is 18.1. The van der Waals surface area contributed by atoms with Crippen LogP contribution in [0.4, 0.5) is 11.4 Å². The van der Waals surface area contributed by atoms with Crippen LogP contribution in [0.15, 0.2) is 45.9 Å². The number of ether oxygens (including phenoxy) is 2. The number of fused-ring (bicyclic) bond motifs is 2. The summed E-state index contributed by atoms with van der Waals surface area (Å²) >= 11 is 5.82. The molecule has 1 aromatic heterocycles. The zero-order chi connectivity index (χ0) is 25.4. The molecule has 0 fully saturated rings. The van der Waals surface area contributed by atoms with E-state index in [1.807, 2.05) is 0 Å². The van der Waals surface area contributed by atoms with Crippen molar-refractivity contribution in [2.24, 2.45) is 5.10 Å². The van der Waals surface area contributed by atoms with Crippen molar-refractivity contribution in [2.45, 2.75) is 26.2 Å². The van der Waals surface area contributed by atoms with Crippen molar-refractivity contribution in [2.75, 3.05) is 12.1 Å². The first kappa shape index (κ1) is 23.4. The third-order valence-corrected chi connectivity index (χ3v) is 6.18. The predicted molar refractivity (Wildman–Crippen MR) is 129 cm³/mol. The highest BCUT2D eigenvalue weighted by atomic mass is 35.5. The maximum atomic E-state index is 13.0. The van der Waals surface area contributed by atoms with E-state index in [1.54, 1.807) is 25.1 Å². The number of aryl methyl sites for hydroxylation is 1. The van der Waals surface area contributed by atoms with Gasteiger partial charge in [0.25, 0.3) is 17.5 Å². The number of hydrogen-bond donors (Lipinski definition) is 2. The molecule has 36 heavy (non-hydrogen) atoms. The highest BCUT2D eigenvalue weighted by Crippen LogP contribution is 2.35. The van der Waals surface area contributed by atoms with Crippen molar-refractivity contribution in [3.8, 4) is 11.5 Å². The Bertz CT molecular complexity index is 1450. The normalized spacial score (nSPS) is 14.9. The van der Waals surface area contributed by atoms with Crippen LogP contribution in [0.5, 0.6) is 11.5 Å². The smallest absolute Gasteiger partial charge is 0.291 e. The molecule has 2 N–H and O–H groups in total. The molecular formula is C24H19ClN4O7. The van der Waals surface area contributed by atoms with Gasteiger partial charge in [-0.05, 0) is 44.0 Å². The zero-order valence-corrected chi connectivity index (χ0v) is 19.7. The van der Waals surface area contributed by atoms with E-state index < -0.39 is 16.7 Å². The fourth-order valence-corrected chi connectivity index (χ4v) is 4.32. The molecule has 1 aliphatic heterocycles. The molecule has 0 atom stereocenters. The first-order chi connectivity index (χ1) is 17.3. The second-order valence-electron chi connectivity index (χ2n) is 8.15. The van der Waals surface area contributed by atoms with E-state index >= 15 is 0 Å². The van der Waals surface area contributed by atoms with Gasteiger partial charge < -0.3 is 19.2 Å². The average Bonchev–Trinajstić information content (AvgIpc) is 3.47. The second-order valence-corrected chi connectivity index (χ2v) is 8.56. The first-order valence-corrected chi connectivity index (χ1v) is 11.3. The van der Waals surface area contributed by atoms with Gasteiger partial charge in [-0.15, -0.1) is 0 Å². The molecule has 3 aromatic rings. The van der Waals surface area contributed by atoms with Gasteiger partial charge in [0.05, 0.1) is 10.6 Å². The molecule has 5 rings (SSSR count). The largest absolute Gasteiger partial charge is 0.455 e. The fraction of sp³-hybridized carbons (Fsp3) is 0.208. The third-order valence-electron chi connectivity index (χ3n) is 5.86. The monoisotopic (exact) mass is 510 g/mol. The van der Waals surface area contributed by atoms with Gasteiger partial charge in [0.15, 0.2) is 17.3 Å². The van der Waals surface area contributed by atoms with Crippen LogP contribution in [-0.4, -0.2) is 29.2 Å². The maximum Gasteiger partial charge on any atom is 0.291 e. The second kappa shape index (κ2) is 9.34. The lowest BCUT2D eigenvalue weighted by molar-refractivity contribution is -0.384. The molecule has 12 heteroatoms. The summed E-state index contributed by atoms with van der Waals surface area (Å²) in [4.78, 5) is 36.0. The van der Waals surface area contributed by atoms with Crippen molar-refractivity contribution in [3.05, 3.63) is 79.7 Å². The third kappa shape index (κ3) is 4.36. The maximum absolute atomic E-state index is 13.0. The van der Waals surface area contributed by atoms with Crippen LogP contribution in [-0.2, 0) is 6.42 Å². The van der Waals surface area contributed by atoms with Gasteiger partial charge in [0, 0.05) is 40.9 Å². The number of nitrogens with one attached hydrogen (secondary N) is 2. The number of carbonyl (C=O) groups excluding carboxylic acids is 2. The first-order valence-electron chi connectivity index (χ1n) is 11.0. The number of halogens is 1. The van der Waals surface area contributed by atoms with Crippen LogP contribution in [0.25, 0.3) is 0 Å². The number of rotatable bonds is 5. The SMILES string of the molecule is Cc1c(C(=O)Nc2ccc3c(c2)OCO3)oc2c1/C(=N/NC(=O)c1ccc(Cl)c([N+](=O)[O-])c1)CCC2. The lowest BCUT2D eigenvalue weighted by Gasteiger charge is -2.13. The van der Waals surface area contributed by atoms with Gasteiger partial charge in [-0.1, -0.05) is 11.6 Å².